The minimum Gasteiger partial charge on any atom is -0.334 e. The van der Waals surface area contributed by atoms with Crippen molar-refractivity contribution in [2.24, 2.45) is 0 Å². The summed E-state index contributed by atoms with van der Waals surface area (Å²) in [5.74, 6) is -0.660. The predicted molar refractivity (Wildman–Crippen MR) is 89.4 cm³/mol. The molecule has 3 amide bonds. The van der Waals surface area contributed by atoms with Gasteiger partial charge in [-0.1, -0.05) is 28.1 Å². The Kier molecular flexibility index (Phi) is 6.10. The highest BCUT2D eigenvalue weighted by Gasteiger charge is 2.05. The molecule has 120 valence electrons. The summed E-state index contributed by atoms with van der Waals surface area (Å²) in [6.07, 6.45) is 0. The summed E-state index contributed by atoms with van der Waals surface area (Å²) >= 11 is 3.30. The van der Waals surface area contributed by atoms with Crippen LogP contribution < -0.4 is 16.0 Å². The van der Waals surface area contributed by atoms with Crippen LogP contribution >= 0.6 is 15.9 Å². The van der Waals surface area contributed by atoms with Crippen LogP contribution in [0.25, 0.3) is 0 Å². The molecule has 0 aliphatic heterocycles. The van der Waals surface area contributed by atoms with Crippen LogP contribution in [0.3, 0.4) is 0 Å². The Morgan fingerprint density at radius 2 is 1.61 bits per heavy atom. The predicted octanol–water partition coefficient (Wildman–Crippen LogP) is 3.03. The number of halogens is 2. The van der Waals surface area contributed by atoms with Crippen LogP contribution in [0, 0.1) is 5.82 Å². The monoisotopic (exact) mass is 379 g/mol. The van der Waals surface area contributed by atoms with Gasteiger partial charge in [-0.2, -0.15) is 0 Å². The number of urea groups is 1. The maximum atomic E-state index is 12.7. The molecule has 7 heteroatoms. The van der Waals surface area contributed by atoms with E-state index in [9.17, 15) is 14.0 Å². The highest BCUT2D eigenvalue weighted by atomic mass is 79.9. The molecule has 2 rings (SSSR count). The van der Waals surface area contributed by atoms with Gasteiger partial charge in [-0.05, 0) is 42.0 Å². The average Bonchev–Trinajstić information content (AvgIpc) is 2.54. The van der Waals surface area contributed by atoms with Crippen molar-refractivity contribution in [1.82, 2.24) is 10.6 Å². The average molecular weight is 380 g/mol. The Bertz CT molecular complexity index is 675. The van der Waals surface area contributed by atoms with E-state index in [0.29, 0.717) is 5.69 Å². The molecule has 0 fully saturated rings. The maximum absolute atomic E-state index is 12.7. The van der Waals surface area contributed by atoms with E-state index < -0.39 is 6.03 Å². The van der Waals surface area contributed by atoms with E-state index in [0.717, 1.165) is 10.0 Å². The van der Waals surface area contributed by atoms with Crippen LogP contribution in [-0.2, 0) is 11.3 Å². The smallest absolute Gasteiger partial charge is 0.315 e. The fourth-order valence-corrected chi connectivity index (χ4v) is 2.01. The second-order valence-electron chi connectivity index (χ2n) is 4.72. The third kappa shape index (κ3) is 6.07. The molecule has 3 N–H and O–H groups in total. The Balaban J connectivity index is 1.70. The summed E-state index contributed by atoms with van der Waals surface area (Å²) in [6.45, 7) is 0.103. The Morgan fingerprint density at radius 3 is 2.26 bits per heavy atom. The van der Waals surface area contributed by atoms with E-state index >= 15 is 0 Å². The van der Waals surface area contributed by atoms with Crippen molar-refractivity contribution >= 4 is 33.6 Å². The molecule has 0 spiro atoms. The molecule has 0 radical (unpaired) electrons. The third-order valence-corrected chi connectivity index (χ3v) is 3.43. The second kappa shape index (κ2) is 8.28. The van der Waals surface area contributed by atoms with Crippen molar-refractivity contribution in [2.75, 3.05) is 11.9 Å². The van der Waals surface area contributed by atoms with Crippen LogP contribution in [0.4, 0.5) is 14.9 Å². The van der Waals surface area contributed by atoms with E-state index in [1.54, 1.807) is 36.4 Å². The van der Waals surface area contributed by atoms with Crippen molar-refractivity contribution in [2.45, 2.75) is 6.54 Å². The molecule has 5 nitrogen and oxygen atoms in total. The van der Waals surface area contributed by atoms with E-state index in [4.69, 9.17) is 0 Å². The summed E-state index contributed by atoms with van der Waals surface area (Å²) in [5, 5.41) is 7.70. The fourth-order valence-electron chi connectivity index (χ4n) is 1.75. The van der Waals surface area contributed by atoms with Gasteiger partial charge in [0.2, 0.25) is 5.91 Å². The largest absolute Gasteiger partial charge is 0.334 e. The molecule has 0 heterocycles. The summed E-state index contributed by atoms with van der Waals surface area (Å²) in [7, 11) is 0. The first-order valence-electron chi connectivity index (χ1n) is 6.84. The molecule has 0 saturated carbocycles. The Hall–Kier alpha value is -2.41. The summed E-state index contributed by atoms with van der Waals surface area (Å²) in [5.41, 5.74) is 1.41. The summed E-state index contributed by atoms with van der Waals surface area (Å²) < 4.78 is 13.7. The first kappa shape index (κ1) is 17.0. The lowest BCUT2D eigenvalue weighted by atomic mass is 10.2. The quantitative estimate of drug-likeness (QED) is 0.747. The molecule has 0 saturated heterocycles. The van der Waals surface area contributed by atoms with Gasteiger partial charge >= 0.3 is 6.03 Å². The van der Waals surface area contributed by atoms with Crippen LogP contribution in [0.2, 0.25) is 0 Å². The van der Waals surface area contributed by atoms with Crippen LogP contribution in [0.5, 0.6) is 0 Å². The molecule has 0 atom stereocenters. The zero-order chi connectivity index (χ0) is 16.7. The minimum absolute atomic E-state index is 0.148. The topological polar surface area (TPSA) is 70.2 Å². The number of rotatable bonds is 5. The number of nitrogens with one attached hydrogen (secondary N) is 3. The van der Waals surface area contributed by atoms with Gasteiger partial charge in [-0.3, -0.25) is 4.79 Å². The normalized spacial score (nSPS) is 10.0. The lowest BCUT2D eigenvalue weighted by Crippen LogP contribution is -2.39. The minimum atomic E-state index is -0.472. The van der Waals surface area contributed by atoms with E-state index in [2.05, 4.69) is 31.9 Å². The number of carbonyl (C=O) groups is 2. The van der Waals surface area contributed by atoms with Crippen LogP contribution in [0.15, 0.2) is 53.0 Å². The third-order valence-electron chi connectivity index (χ3n) is 2.90. The number of amides is 3. The second-order valence-corrected chi connectivity index (χ2v) is 5.63. The van der Waals surface area contributed by atoms with Gasteiger partial charge in [0.25, 0.3) is 0 Å². The van der Waals surface area contributed by atoms with Crippen molar-refractivity contribution in [3.63, 3.8) is 0 Å². The van der Waals surface area contributed by atoms with Crippen molar-refractivity contribution in [1.29, 1.82) is 0 Å². The molecule has 0 aliphatic carbocycles. The van der Waals surface area contributed by atoms with E-state index in [-0.39, 0.29) is 24.8 Å². The molecule has 23 heavy (non-hydrogen) atoms. The van der Waals surface area contributed by atoms with Crippen molar-refractivity contribution in [3.8, 4) is 0 Å². The van der Waals surface area contributed by atoms with Crippen LogP contribution in [-0.4, -0.2) is 18.5 Å². The number of anilines is 1. The summed E-state index contributed by atoms with van der Waals surface area (Å²) in [6, 6.07) is 12.4. The van der Waals surface area contributed by atoms with Gasteiger partial charge < -0.3 is 16.0 Å². The molecule has 0 unspecified atom stereocenters. The molecule has 0 bridgehead atoms. The number of hydrogen-bond acceptors (Lipinski definition) is 2. The SMILES string of the molecule is O=C(CNC(=O)NCc1ccc(F)cc1)Nc1ccc(Br)cc1. The first-order valence-corrected chi connectivity index (χ1v) is 7.64. The Labute approximate surface area is 141 Å². The zero-order valence-electron chi connectivity index (χ0n) is 12.1. The lowest BCUT2D eigenvalue weighted by Gasteiger charge is -2.08. The molecular formula is C16H15BrFN3O2. The molecule has 0 aliphatic rings. The number of benzene rings is 2. The highest BCUT2D eigenvalue weighted by molar-refractivity contribution is 9.10. The van der Waals surface area contributed by atoms with Gasteiger partial charge in [0, 0.05) is 16.7 Å². The zero-order valence-corrected chi connectivity index (χ0v) is 13.7. The van der Waals surface area contributed by atoms with Gasteiger partial charge in [-0.15, -0.1) is 0 Å². The first-order chi connectivity index (χ1) is 11.0. The standard InChI is InChI=1S/C16H15BrFN3O2/c17-12-3-7-14(8-4-12)21-15(22)10-20-16(23)19-9-11-1-5-13(18)6-2-11/h1-8H,9-10H2,(H,21,22)(H2,19,20,23). The van der Waals surface area contributed by atoms with Gasteiger partial charge in [-0.25, -0.2) is 9.18 Å². The number of hydrogen-bond donors (Lipinski definition) is 3. The molecule has 2 aromatic rings. The number of carbonyl (C=O) groups excluding carboxylic acids is 2. The molecule has 2 aromatic carbocycles. The van der Waals surface area contributed by atoms with Crippen molar-refractivity contribution < 1.29 is 14.0 Å². The van der Waals surface area contributed by atoms with Crippen LogP contribution in [0.1, 0.15) is 5.56 Å². The lowest BCUT2D eigenvalue weighted by molar-refractivity contribution is -0.115. The van der Waals surface area contributed by atoms with Gasteiger partial charge in [0.15, 0.2) is 0 Å². The maximum Gasteiger partial charge on any atom is 0.315 e. The molecule has 0 aromatic heterocycles. The van der Waals surface area contributed by atoms with Gasteiger partial charge in [0.05, 0.1) is 6.54 Å². The molecular weight excluding hydrogens is 365 g/mol. The van der Waals surface area contributed by atoms with Crippen molar-refractivity contribution in [3.05, 3.63) is 64.4 Å². The van der Waals surface area contributed by atoms with E-state index in [1.807, 2.05) is 0 Å². The fraction of sp³-hybridized carbons (Fsp3) is 0.125. The summed E-state index contributed by atoms with van der Waals surface area (Å²) in [4.78, 5) is 23.3. The Morgan fingerprint density at radius 1 is 0.957 bits per heavy atom. The highest BCUT2D eigenvalue weighted by Crippen LogP contribution is 2.13. The van der Waals surface area contributed by atoms with Gasteiger partial charge in [0.1, 0.15) is 5.82 Å². The van der Waals surface area contributed by atoms with E-state index in [1.165, 1.54) is 12.1 Å².